The second-order valence-electron chi connectivity index (χ2n) is 4.61. The Labute approximate surface area is 116 Å². The van der Waals surface area contributed by atoms with Crippen LogP contribution < -0.4 is 5.32 Å². The number of rotatable bonds is 1. The summed E-state index contributed by atoms with van der Waals surface area (Å²) in [5.74, 6) is 0.747. The van der Waals surface area contributed by atoms with E-state index in [9.17, 15) is 4.79 Å². The second-order valence-corrected chi connectivity index (χ2v) is 5.86. The van der Waals surface area contributed by atoms with Crippen molar-refractivity contribution in [3.63, 3.8) is 0 Å². The Morgan fingerprint density at radius 1 is 1.41 bits per heavy atom. The number of nitrogens with one attached hydrogen (secondary N) is 1. The van der Waals surface area contributed by atoms with Gasteiger partial charge < -0.3 is 10.2 Å². The van der Waals surface area contributed by atoms with Gasteiger partial charge in [0.15, 0.2) is 0 Å². The number of urea groups is 1. The van der Waals surface area contributed by atoms with E-state index in [0.717, 1.165) is 41.1 Å². The molecule has 0 atom stereocenters. The number of benzene rings is 1. The summed E-state index contributed by atoms with van der Waals surface area (Å²) < 4.78 is 1.13. The van der Waals surface area contributed by atoms with Crippen molar-refractivity contribution in [2.75, 3.05) is 18.4 Å². The van der Waals surface area contributed by atoms with E-state index in [1.807, 2.05) is 29.2 Å². The van der Waals surface area contributed by atoms with Crippen LogP contribution in [0.1, 0.15) is 19.8 Å². The molecular weight excluding hydrogens is 327 g/mol. The number of halogens is 1. The highest BCUT2D eigenvalue weighted by Gasteiger charge is 2.20. The van der Waals surface area contributed by atoms with Gasteiger partial charge in [-0.05, 0) is 59.5 Å². The number of nitrogens with zero attached hydrogens (tertiary/aromatic N) is 1. The maximum atomic E-state index is 12.0. The molecule has 0 unspecified atom stereocenters. The predicted molar refractivity (Wildman–Crippen MR) is 78.1 cm³/mol. The second kappa shape index (κ2) is 5.71. The first kappa shape index (κ1) is 12.7. The van der Waals surface area contributed by atoms with Gasteiger partial charge in [0.05, 0.1) is 0 Å². The number of hydrogen-bond acceptors (Lipinski definition) is 1. The zero-order valence-corrected chi connectivity index (χ0v) is 12.1. The molecule has 2 rings (SSSR count). The van der Waals surface area contributed by atoms with E-state index in [0.29, 0.717) is 0 Å². The molecule has 0 aromatic heterocycles. The van der Waals surface area contributed by atoms with Crippen molar-refractivity contribution in [1.82, 2.24) is 4.90 Å². The molecule has 92 valence electrons. The molecule has 0 spiro atoms. The molecule has 17 heavy (non-hydrogen) atoms. The van der Waals surface area contributed by atoms with E-state index in [1.54, 1.807) is 0 Å². The number of amides is 2. The third kappa shape index (κ3) is 3.59. The summed E-state index contributed by atoms with van der Waals surface area (Å²) >= 11 is 2.24. The molecule has 0 bridgehead atoms. The van der Waals surface area contributed by atoms with Gasteiger partial charge in [-0.3, -0.25) is 0 Å². The van der Waals surface area contributed by atoms with Crippen molar-refractivity contribution in [2.45, 2.75) is 19.8 Å². The van der Waals surface area contributed by atoms with Crippen LogP contribution in [0, 0.1) is 9.49 Å². The van der Waals surface area contributed by atoms with Gasteiger partial charge in [0.2, 0.25) is 0 Å². The Hall–Kier alpha value is -0.780. The van der Waals surface area contributed by atoms with Crippen molar-refractivity contribution < 1.29 is 4.79 Å². The zero-order chi connectivity index (χ0) is 12.3. The number of hydrogen-bond donors (Lipinski definition) is 1. The molecule has 1 aliphatic rings. The first-order valence-corrected chi connectivity index (χ1v) is 7.04. The van der Waals surface area contributed by atoms with Crippen LogP contribution in [0.15, 0.2) is 24.3 Å². The fourth-order valence-corrected chi connectivity index (χ4v) is 2.52. The molecule has 0 aliphatic carbocycles. The summed E-state index contributed by atoms with van der Waals surface area (Å²) in [5, 5.41) is 2.95. The molecule has 0 radical (unpaired) electrons. The minimum atomic E-state index is 0.0268. The van der Waals surface area contributed by atoms with E-state index >= 15 is 0 Å². The van der Waals surface area contributed by atoms with Gasteiger partial charge in [-0.15, -0.1) is 0 Å². The predicted octanol–water partition coefficient (Wildman–Crippen LogP) is 3.56. The molecule has 1 aliphatic heterocycles. The maximum Gasteiger partial charge on any atom is 0.321 e. The van der Waals surface area contributed by atoms with Crippen LogP contribution in [0.4, 0.5) is 10.5 Å². The van der Waals surface area contributed by atoms with Crippen molar-refractivity contribution in [2.24, 2.45) is 5.92 Å². The van der Waals surface area contributed by atoms with Crippen molar-refractivity contribution >= 4 is 34.3 Å². The number of piperidine rings is 1. The van der Waals surface area contributed by atoms with Crippen LogP contribution in [-0.2, 0) is 0 Å². The largest absolute Gasteiger partial charge is 0.325 e. The summed E-state index contributed by atoms with van der Waals surface area (Å²) in [6, 6.07) is 7.89. The lowest BCUT2D eigenvalue weighted by atomic mass is 10.00. The molecule has 1 aromatic rings. The molecule has 1 aromatic carbocycles. The Kier molecular flexibility index (Phi) is 4.25. The molecule has 1 heterocycles. The average Bonchev–Trinajstić information content (AvgIpc) is 2.29. The topological polar surface area (TPSA) is 32.3 Å². The highest BCUT2D eigenvalue weighted by Crippen LogP contribution is 2.18. The van der Waals surface area contributed by atoms with Crippen LogP contribution in [0.25, 0.3) is 0 Å². The minimum Gasteiger partial charge on any atom is -0.325 e. The van der Waals surface area contributed by atoms with Gasteiger partial charge >= 0.3 is 6.03 Å². The third-order valence-corrected chi connectivity index (χ3v) is 3.82. The highest BCUT2D eigenvalue weighted by molar-refractivity contribution is 14.1. The number of carbonyl (C=O) groups is 1. The van der Waals surface area contributed by atoms with Gasteiger partial charge in [-0.1, -0.05) is 13.0 Å². The van der Waals surface area contributed by atoms with Gasteiger partial charge in [-0.2, -0.15) is 0 Å². The summed E-state index contributed by atoms with van der Waals surface area (Å²) in [7, 11) is 0. The van der Waals surface area contributed by atoms with E-state index in [1.165, 1.54) is 0 Å². The van der Waals surface area contributed by atoms with Crippen molar-refractivity contribution in [3.05, 3.63) is 27.8 Å². The SMILES string of the molecule is CC1CCN(C(=O)Nc2cccc(I)c2)CC1. The van der Waals surface area contributed by atoms with E-state index in [-0.39, 0.29) is 6.03 Å². The first-order chi connectivity index (χ1) is 8.15. The molecule has 0 saturated carbocycles. The Morgan fingerprint density at radius 3 is 2.76 bits per heavy atom. The Bertz CT molecular complexity index is 400. The Morgan fingerprint density at radius 2 is 2.12 bits per heavy atom. The molecular formula is C13H17IN2O. The van der Waals surface area contributed by atoms with Gasteiger partial charge in [0.25, 0.3) is 0 Å². The molecule has 1 saturated heterocycles. The van der Waals surface area contributed by atoms with Crippen molar-refractivity contribution in [3.8, 4) is 0 Å². The lowest BCUT2D eigenvalue weighted by molar-refractivity contribution is 0.186. The lowest BCUT2D eigenvalue weighted by Gasteiger charge is -2.30. The normalized spacial score (nSPS) is 16.9. The number of carbonyl (C=O) groups excluding carboxylic acids is 1. The average molecular weight is 344 g/mol. The fourth-order valence-electron chi connectivity index (χ4n) is 1.98. The highest BCUT2D eigenvalue weighted by atomic mass is 127. The van der Waals surface area contributed by atoms with E-state index in [2.05, 4.69) is 34.8 Å². The summed E-state index contributed by atoms with van der Waals surface area (Å²) in [4.78, 5) is 13.9. The van der Waals surface area contributed by atoms with Crippen LogP contribution in [0.2, 0.25) is 0 Å². The van der Waals surface area contributed by atoms with Crippen LogP contribution in [-0.4, -0.2) is 24.0 Å². The number of anilines is 1. The van der Waals surface area contributed by atoms with Gasteiger partial charge in [0, 0.05) is 22.3 Å². The van der Waals surface area contributed by atoms with Crippen LogP contribution in [0.5, 0.6) is 0 Å². The van der Waals surface area contributed by atoms with Crippen LogP contribution >= 0.6 is 22.6 Å². The third-order valence-electron chi connectivity index (χ3n) is 3.15. The van der Waals surface area contributed by atoms with Gasteiger partial charge in [0.1, 0.15) is 0 Å². The molecule has 3 nitrogen and oxygen atoms in total. The summed E-state index contributed by atoms with van der Waals surface area (Å²) in [5.41, 5.74) is 0.875. The lowest BCUT2D eigenvalue weighted by Crippen LogP contribution is -2.40. The molecule has 4 heteroatoms. The first-order valence-electron chi connectivity index (χ1n) is 5.96. The van der Waals surface area contributed by atoms with Crippen molar-refractivity contribution in [1.29, 1.82) is 0 Å². The smallest absolute Gasteiger partial charge is 0.321 e. The monoisotopic (exact) mass is 344 g/mol. The van der Waals surface area contributed by atoms with E-state index < -0.39 is 0 Å². The maximum absolute atomic E-state index is 12.0. The van der Waals surface area contributed by atoms with Gasteiger partial charge in [-0.25, -0.2) is 4.79 Å². The van der Waals surface area contributed by atoms with Crippen LogP contribution in [0.3, 0.4) is 0 Å². The summed E-state index contributed by atoms with van der Waals surface area (Å²) in [6.45, 7) is 3.99. The Balaban J connectivity index is 1.93. The molecule has 2 amide bonds. The summed E-state index contributed by atoms with van der Waals surface area (Å²) in [6.07, 6.45) is 2.22. The van der Waals surface area contributed by atoms with E-state index in [4.69, 9.17) is 0 Å². The fraction of sp³-hybridized carbons (Fsp3) is 0.462. The minimum absolute atomic E-state index is 0.0268. The zero-order valence-electron chi connectivity index (χ0n) is 9.95. The standard InChI is InChI=1S/C13H17IN2O/c1-10-5-7-16(8-6-10)13(17)15-12-4-2-3-11(14)9-12/h2-4,9-10H,5-8H2,1H3,(H,15,17). The number of likely N-dealkylation sites (tertiary alicyclic amines) is 1. The molecule has 1 fully saturated rings. The quantitative estimate of drug-likeness (QED) is 0.777. The molecule has 1 N–H and O–H groups in total.